The van der Waals surface area contributed by atoms with Gasteiger partial charge in [-0.2, -0.15) is 5.10 Å². The van der Waals surface area contributed by atoms with Crippen LogP contribution in [0.4, 0.5) is 16.3 Å². The van der Waals surface area contributed by atoms with E-state index in [2.05, 4.69) is 40.7 Å². The third-order valence-corrected chi connectivity index (χ3v) is 6.02. The average molecular weight is 451 g/mol. The van der Waals surface area contributed by atoms with Gasteiger partial charge in [0.15, 0.2) is 5.82 Å². The first-order valence-electron chi connectivity index (χ1n) is 11.5. The highest BCUT2D eigenvalue weighted by molar-refractivity contribution is 5.70. The van der Waals surface area contributed by atoms with Crippen molar-refractivity contribution in [2.75, 3.05) is 24.1 Å². The molecular formula is C25H34N6O2. The van der Waals surface area contributed by atoms with Gasteiger partial charge in [-0.15, -0.1) is 0 Å². The fourth-order valence-electron chi connectivity index (χ4n) is 4.39. The Labute approximate surface area is 195 Å². The predicted molar refractivity (Wildman–Crippen MR) is 130 cm³/mol. The largest absolute Gasteiger partial charge is 0.444 e. The Bertz CT molecular complexity index is 1120. The van der Waals surface area contributed by atoms with E-state index in [1.165, 1.54) is 5.56 Å². The molecule has 1 aromatic carbocycles. The number of likely N-dealkylation sites (tertiary alicyclic amines) is 1. The van der Waals surface area contributed by atoms with Crippen LogP contribution in [0.15, 0.2) is 36.8 Å². The molecule has 1 saturated heterocycles. The summed E-state index contributed by atoms with van der Waals surface area (Å²) in [5.74, 6) is 1.15. The van der Waals surface area contributed by atoms with Gasteiger partial charge < -0.3 is 20.7 Å². The molecule has 1 fully saturated rings. The number of benzene rings is 1. The van der Waals surface area contributed by atoms with Gasteiger partial charge >= 0.3 is 6.09 Å². The maximum absolute atomic E-state index is 12.4. The van der Waals surface area contributed by atoms with E-state index in [0.29, 0.717) is 19.0 Å². The summed E-state index contributed by atoms with van der Waals surface area (Å²) in [7, 11) is 0. The molecule has 8 nitrogen and oxygen atoms in total. The molecular weight excluding hydrogens is 416 g/mol. The zero-order chi connectivity index (χ0) is 23.8. The Balaban J connectivity index is 1.47. The molecule has 8 heteroatoms. The van der Waals surface area contributed by atoms with Gasteiger partial charge in [-0.05, 0) is 88.3 Å². The molecule has 0 unspecified atom stereocenters. The van der Waals surface area contributed by atoms with Gasteiger partial charge in [-0.25, -0.2) is 14.3 Å². The molecule has 1 aliphatic rings. The number of hydrogen-bond donors (Lipinski definition) is 2. The van der Waals surface area contributed by atoms with Gasteiger partial charge in [0, 0.05) is 25.0 Å². The standard InChI is InChI=1S/C25H34N6O2/c1-16-10-19(12-21(26)11-16)17(2)29-23-22-13-20(14-31(22)28-15-27-23)18-6-8-30(9-7-18)24(32)33-25(3,4)5/h10-15,17-18H,6-9,26H2,1-5H3,(H,27,28,29)/t17-/m1/s1. The van der Waals surface area contributed by atoms with Gasteiger partial charge in [-0.1, -0.05) is 6.07 Å². The fourth-order valence-corrected chi connectivity index (χ4v) is 4.39. The van der Waals surface area contributed by atoms with Crippen molar-refractivity contribution in [1.29, 1.82) is 0 Å². The van der Waals surface area contributed by atoms with E-state index < -0.39 is 5.60 Å². The summed E-state index contributed by atoms with van der Waals surface area (Å²) in [5.41, 5.74) is 10.7. The minimum absolute atomic E-state index is 0.0429. The molecule has 2 aromatic heterocycles. The van der Waals surface area contributed by atoms with Crippen molar-refractivity contribution in [2.45, 2.75) is 65.0 Å². The first-order valence-corrected chi connectivity index (χ1v) is 11.5. The summed E-state index contributed by atoms with van der Waals surface area (Å²) in [6.07, 6.45) is 5.20. The minimum Gasteiger partial charge on any atom is -0.444 e. The number of hydrogen-bond acceptors (Lipinski definition) is 6. The Morgan fingerprint density at radius 1 is 1.21 bits per heavy atom. The number of nitrogens with one attached hydrogen (secondary N) is 1. The summed E-state index contributed by atoms with van der Waals surface area (Å²) in [6, 6.07) is 8.29. The molecule has 4 rings (SSSR count). The van der Waals surface area contributed by atoms with Crippen molar-refractivity contribution in [3.8, 4) is 0 Å². The van der Waals surface area contributed by atoms with Crippen LogP contribution < -0.4 is 11.1 Å². The number of nitrogens with zero attached hydrogens (tertiary/aromatic N) is 4. The molecule has 0 radical (unpaired) electrons. The number of amides is 1. The number of nitrogens with two attached hydrogens (primary N) is 1. The minimum atomic E-state index is -0.475. The fraction of sp³-hybridized carbons (Fsp3) is 0.480. The molecule has 176 valence electrons. The second-order valence-corrected chi connectivity index (χ2v) is 10.00. The molecule has 1 atom stereocenters. The van der Waals surface area contributed by atoms with Crippen molar-refractivity contribution in [2.24, 2.45) is 0 Å². The highest BCUT2D eigenvalue weighted by atomic mass is 16.6. The normalized spacial score (nSPS) is 16.1. The number of nitrogen functional groups attached to an aromatic ring is 1. The second kappa shape index (κ2) is 8.92. The van der Waals surface area contributed by atoms with Crippen LogP contribution in [0.2, 0.25) is 0 Å². The number of anilines is 2. The van der Waals surface area contributed by atoms with Crippen molar-refractivity contribution in [3.05, 3.63) is 53.5 Å². The predicted octanol–water partition coefficient (Wildman–Crippen LogP) is 4.91. The number of ether oxygens (including phenoxy) is 1. The van der Waals surface area contributed by atoms with Crippen LogP contribution in [0.25, 0.3) is 5.52 Å². The van der Waals surface area contributed by atoms with Gasteiger partial charge in [0.05, 0.1) is 6.04 Å². The van der Waals surface area contributed by atoms with Crippen molar-refractivity contribution in [1.82, 2.24) is 19.5 Å². The molecule has 0 bridgehead atoms. The molecule has 3 N–H and O–H groups in total. The van der Waals surface area contributed by atoms with E-state index in [0.717, 1.165) is 41.0 Å². The van der Waals surface area contributed by atoms with E-state index in [1.54, 1.807) is 11.2 Å². The number of carbonyl (C=O) groups excluding carboxylic acids is 1. The summed E-state index contributed by atoms with van der Waals surface area (Å²) in [4.78, 5) is 18.7. The summed E-state index contributed by atoms with van der Waals surface area (Å²) >= 11 is 0. The topological polar surface area (TPSA) is 97.8 Å². The van der Waals surface area contributed by atoms with Gasteiger partial charge in [0.1, 0.15) is 17.4 Å². The molecule has 0 aliphatic carbocycles. The number of aromatic nitrogens is 3. The summed E-state index contributed by atoms with van der Waals surface area (Å²) in [5, 5.41) is 7.93. The third-order valence-electron chi connectivity index (χ3n) is 6.02. The van der Waals surface area contributed by atoms with Gasteiger partial charge in [0.2, 0.25) is 0 Å². The summed E-state index contributed by atoms with van der Waals surface area (Å²) < 4.78 is 7.40. The highest BCUT2D eigenvalue weighted by Gasteiger charge is 2.28. The Hall–Kier alpha value is -3.29. The van der Waals surface area contributed by atoms with Crippen LogP contribution in [0.5, 0.6) is 0 Å². The lowest BCUT2D eigenvalue weighted by atomic mass is 9.91. The number of aryl methyl sites for hydroxylation is 1. The van der Waals surface area contributed by atoms with Crippen LogP contribution in [0, 0.1) is 6.92 Å². The molecule has 0 spiro atoms. The monoisotopic (exact) mass is 450 g/mol. The first-order chi connectivity index (χ1) is 15.6. The van der Waals surface area contributed by atoms with Crippen LogP contribution in [0.1, 0.15) is 69.2 Å². The van der Waals surface area contributed by atoms with Crippen molar-refractivity contribution in [3.63, 3.8) is 0 Å². The lowest BCUT2D eigenvalue weighted by Crippen LogP contribution is -2.41. The van der Waals surface area contributed by atoms with Crippen LogP contribution >= 0.6 is 0 Å². The molecule has 3 heterocycles. The van der Waals surface area contributed by atoms with E-state index in [1.807, 2.05) is 44.3 Å². The molecule has 33 heavy (non-hydrogen) atoms. The average Bonchev–Trinajstić information content (AvgIpc) is 3.17. The number of carbonyl (C=O) groups is 1. The molecule has 0 saturated carbocycles. The quantitative estimate of drug-likeness (QED) is 0.548. The third kappa shape index (κ3) is 5.38. The second-order valence-electron chi connectivity index (χ2n) is 10.00. The first kappa shape index (κ1) is 22.9. The van der Waals surface area contributed by atoms with Crippen molar-refractivity contribution < 1.29 is 9.53 Å². The zero-order valence-electron chi connectivity index (χ0n) is 20.1. The van der Waals surface area contributed by atoms with E-state index in [9.17, 15) is 4.79 Å². The molecule has 3 aromatic rings. The van der Waals surface area contributed by atoms with Gasteiger partial charge in [0.25, 0.3) is 0 Å². The zero-order valence-corrected chi connectivity index (χ0v) is 20.1. The van der Waals surface area contributed by atoms with E-state index in [4.69, 9.17) is 10.5 Å². The molecule has 1 aliphatic heterocycles. The maximum Gasteiger partial charge on any atom is 0.410 e. The van der Waals surface area contributed by atoms with Crippen LogP contribution in [0.3, 0.4) is 0 Å². The molecule has 1 amide bonds. The van der Waals surface area contributed by atoms with Crippen LogP contribution in [-0.2, 0) is 4.74 Å². The smallest absolute Gasteiger partial charge is 0.410 e. The van der Waals surface area contributed by atoms with Crippen molar-refractivity contribution >= 4 is 23.1 Å². The lowest BCUT2D eigenvalue weighted by molar-refractivity contribution is 0.0205. The number of fused-ring (bicyclic) bond motifs is 1. The SMILES string of the molecule is Cc1cc(N)cc([C@@H](C)Nc2ncnn3cc(C4CCN(C(=O)OC(C)(C)C)CC4)cc23)c1. The Morgan fingerprint density at radius 2 is 1.94 bits per heavy atom. The Morgan fingerprint density at radius 3 is 2.61 bits per heavy atom. The number of rotatable bonds is 4. The van der Waals surface area contributed by atoms with Crippen LogP contribution in [-0.4, -0.2) is 44.3 Å². The maximum atomic E-state index is 12.4. The number of piperidine rings is 1. The van der Waals surface area contributed by atoms with E-state index in [-0.39, 0.29) is 12.1 Å². The Kier molecular flexibility index (Phi) is 6.19. The highest BCUT2D eigenvalue weighted by Crippen LogP contribution is 2.32. The van der Waals surface area contributed by atoms with Gasteiger partial charge in [-0.3, -0.25) is 0 Å². The lowest BCUT2D eigenvalue weighted by Gasteiger charge is -2.33. The summed E-state index contributed by atoms with van der Waals surface area (Å²) in [6.45, 7) is 11.2. The van der Waals surface area contributed by atoms with E-state index >= 15 is 0 Å².